The number of hydrogen-bond donors (Lipinski definition) is 1. The van der Waals surface area contributed by atoms with Crippen molar-refractivity contribution in [3.05, 3.63) is 36.3 Å². The summed E-state index contributed by atoms with van der Waals surface area (Å²) < 4.78 is 0. The van der Waals surface area contributed by atoms with E-state index in [1.54, 1.807) is 12.4 Å². The lowest BCUT2D eigenvalue weighted by molar-refractivity contribution is 0.702. The first-order valence-electron chi connectivity index (χ1n) is 5.24. The van der Waals surface area contributed by atoms with Gasteiger partial charge in [0.1, 0.15) is 0 Å². The molecule has 3 nitrogen and oxygen atoms in total. The van der Waals surface area contributed by atoms with Crippen LogP contribution in [0.3, 0.4) is 0 Å². The number of fused-ring (bicyclic) bond motifs is 1. The third-order valence-corrected chi connectivity index (χ3v) is 3.34. The Labute approximate surface area is 88.3 Å². The van der Waals surface area contributed by atoms with Crippen molar-refractivity contribution in [2.75, 3.05) is 6.54 Å². The molecule has 0 atom stereocenters. The van der Waals surface area contributed by atoms with Crippen molar-refractivity contribution in [2.24, 2.45) is 5.73 Å². The van der Waals surface area contributed by atoms with Crippen LogP contribution in [-0.2, 0) is 5.41 Å². The molecule has 2 N–H and O–H groups in total. The topological polar surface area (TPSA) is 51.8 Å². The molecule has 2 aromatic rings. The first-order valence-corrected chi connectivity index (χ1v) is 5.24. The Morgan fingerprint density at radius 2 is 2.20 bits per heavy atom. The second kappa shape index (κ2) is 3.00. The second-order valence-corrected chi connectivity index (χ2v) is 4.28. The number of pyridine rings is 2. The molecular weight excluding hydrogens is 186 g/mol. The summed E-state index contributed by atoms with van der Waals surface area (Å²) in [6, 6.07) is 4.20. The minimum absolute atomic E-state index is 0.227. The van der Waals surface area contributed by atoms with E-state index < -0.39 is 0 Å². The Balaban J connectivity index is 2.14. The van der Waals surface area contributed by atoms with Crippen molar-refractivity contribution >= 4 is 10.9 Å². The molecule has 0 aromatic carbocycles. The van der Waals surface area contributed by atoms with Gasteiger partial charge in [0.2, 0.25) is 0 Å². The van der Waals surface area contributed by atoms with Gasteiger partial charge in [-0.1, -0.05) is 0 Å². The molecule has 3 heteroatoms. The van der Waals surface area contributed by atoms with Gasteiger partial charge < -0.3 is 5.73 Å². The Morgan fingerprint density at radius 1 is 1.33 bits per heavy atom. The predicted molar refractivity (Wildman–Crippen MR) is 59.5 cm³/mol. The van der Waals surface area contributed by atoms with Crippen LogP contribution >= 0.6 is 0 Å². The SMILES string of the molecule is NCC1(c2cnc3cnccc3c2)CC1. The lowest BCUT2D eigenvalue weighted by Gasteiger charge is -2.12. The van der Waals surface area contributed by atoms with E-state index in [2.05, 4.69) is 16.0 Å². The van der Waals surface area contributed by atoms with E-state index in [4.69, 9.17) is 5.73 Å². The van der Waals surface area contributed by atoms with E-state index in [0.29, 0.717) is 0 Å². The van der Waals surface area contributed by atoms with Crippen molar-refractivity contribution in [3.63, 3.8) is 0 Å². The summed E-state index contributed by atoms with van der Waals surface area (Å²) in [5.74, 6) is 0. The number of aromatic nitrogens is 2. The number of nitrogens with two attached hydrogens (primary N) is 1. The van der Waals surface area contributed by atoms with Gasteiger partial charge in [0.15, 0.2) is 0 Å². The molecule has 1 fully saturated rings. The fraction of sp³-hybridized carbons (Fsp3) is 0.333. The van der Waals surface area contributed by atoms with Gasteiger partial charge in [-0.25, -0.2) is 0 Å². The molecule has 15 heavy (non-hydrogen) atoms. The first-order chi connectivity index (χ1) is 7.34. The van der Waals surface area contributed by atoms with Crippen molar-refractivity contribution in [3.8, 4) is 0 Å². The van der Waals surface area contributed by atoms with Crippen molar-refractivity contribution in [2.45, 2.75) is 18.3 Å². The summed E-state index contributed by atoms with van der Waals surface area (Å²) in [6.45, 7) is 0.727. The van der Waals surface area contributed by atoms with Crippen molar-refractivity contribution < 1.29 is 0 Å². The molecule has 0 aliphatic heterocycles. The maximum absolute atomic E-state index is 5.80. The van der Waals surface area contributed by atoms with E-state index in [-0.39, 0.29) is 5.41 Å². The van der Waals surface area contributed by atoms with Crippen LogP contribution in [0.25, 0.3) is 10.9 Å². The highest BCUT2D eigenvalue weighted by Crippen LogP contribution is 2.47. The van der Waals surface area contributed by atoms with Gasteiger partial charge in [-0.2, -0.15) is 0 Å². The summed E-state index contributed by atoms with van der Waals surface area (Å²) in [4.78, 5) is 8.47. The molecule has 0 unspecified atom stereocenters. The molecule has 0 bridgehead atoms. The van der Waals surface area contributed by atoms with Crippen molar-refractivity contribution in [1.82, 2.24) is 9.97 Å². The van der Waals surface area contributed by atoms with Gasteiger partial charge in [0, 0.05) is 29.7 Å². The molecule has 0 amide bonds. The van der Waals surface area contributed by atoms with Gasteiger partial charge >= 0.3 is 0 Å². The fourth-order valence-corrected chi connectivity index (χ4v) is 2.02. The molecule has 0 radical (unpaired) electrons. The average Bonchev–Trinajstić information content (AvgIpc) is 3.09. The predicted octanol–water partition coefficient (Wildman–Crippen LogP) is 1.62. The smallest absolute Gasteiger partial charge is 0.0885 e. The Morgan fingerprint density at radius 3 is 2.93 bits per heavy atom. The van der Waals surface area contributed by atoms with Crippen LogP contribution in [0.2, 0.25) is 0 Å². The molecule has 1 aliphatic carbocycles. The normalized spacial score (nSPS) is 17.9. The summed E-state index contributed by atoms with van der Waals surface area (Å²) in [6.07, 6.45) is 7.93. The molecule has 1 aliphatic rings. The van der Waals surface area contributed by atoms with Crippen molar-refractivity contribution in [1.29, 1.82) is 0 Å². The zero-order valence-corrected chi connectivity index (χ0v) is 8.48. The van der Waals surface area contributed by atoms with E-state index in [9.17, 15) is 0 Å². The number of nitrogens with zero attached hydrogens (tertiary/aromatic N) is 2. The highest BCUT2D eigenvalue weighted by molar-refractivity contribution is 5.78. The molecule has 3 rings (SSSR count). The Kier molecular flexibility index (Phi) is 1.76. The van der Waals surface area contributed by atoms with Crippen LogP contribution in [0.5, 0.6) is 0 Å². The molecule has 0 spiro atoms. The number of rotatable bonds is 2. The second-order valence-electron chi connectivity index (χ2n) is 4.28. The zero-order chi connectivity index (χ0) is 10.3. The highest BCUT2D eigenvalue weighted by Gasteiger charge is 2.43. The third-order valence-electron chi connectivity index (χ3n) is 3.34. The van der Waals surface area contributed by atoms with Crippen LogP contribution in [-0.4, -0.2) is 16.5 Å². The lowest BCUT2D eigenvalue weighted by Crippen LogP contribution is -2.19. The Hall–Kier alpha value is -1.48. The molecule has 2 heterocycles. The fourth-order valence-electron chi connectivity index (χ4n) is 2.02. The molecule has 2 aromatic heterocycles. The van der Waals surface area contributed by atoms with Gasteiger partial charge in [-0.15, -0.1) is 0 Å². The number of hydrogen-bond acceptors (Lipinski definition) is 3. The van der Waals surface area contributed by atoms with Crippen LogP contribution in [0, 0.1) is 0 Å². The van der Waals surface area contributed by atoms with E-state index in [1.165, 1.54) is 18.4 Å². The van der Waals surface area contributed by atoms with Gasteiger partial charge in [0.05, 0.1) is 11.7 Å². The standard InChI is InChI=1S/C12H13N3/c13-8-12(2-3-12)10-5-9-1-4-14-7-11(9)15-6-10/h1,4-7H,2-3,8,13H2. The highest BCUT2D eigenvalue weighted by atomic mass is 14.7. The third kappa shape index (κ3) is 1.31. The average molecular weight is 199 g/mol. The monoisotopic (exact) mass is 199 g/mol. The molecule has 76 valence electrons. The minimum Gasteiger partial charge on any atom is -0.330 e. The van der Waals surface area contributed by atoms with E-state index >= 15 is 0 Å². The zero-order valence-electron chi connectivity index (χ0n) is 8.48. The van der Waals surface area contributed by atoms with Gasteiger partial charge in [-0.05, 0) is 30.5 Å². The summed E-state index contributed by atoms with van der Waals surface area (Å²) in [5, 5.41) is 1.15. The van der Waals surface area contributed by atoms with Gasteiger partial charge in [-0.3, -0.25) is 9.97 Å². The maximum Gasteiger partial charge on any atom is 0.0885 e. The Bertz CT molecular complexity index is 503. The minimum atomic E-state index is 0.227. The summed E-state index contributed by atoms with van der Waals surface area (Å²) in [5.41, 5.74) is 8.27. The van der Waals surface area contributed by atoms with E-state index in [1.807, 2.05) is 12.3 Å². The van der Waals surface area contributed by atoms with E-state index in [0.717, 1.165) is 17.4 Å². The van der Waals surface area contributed by atoms with Crippen LogP contribution in [0.4, 0.5) is 0 Å². The van der Waals surface area contributed by atoms with Crippen LogP contribution in [0.15, 0.2) is 30.7 Å². The quantitative estimate of drug-likeness (QED) is 0.799. The van der Waals surface area contributed by atoms with Crippen LogP contribution in [0.1, 0.15) is 18.4 Å². The summed E-state index contributed by atoms with van der Waals surface area (Å²) >= 11 is 0. The largest absolute Gasteiger partial charge is 0.330 e. The molecular formula is C12H13N3. The van der Waals surface area contributed by atoms with Crippen LogP contribution < -0.4 is 5.73 Å². The first kappa shape index (κ1) is 8.80. The lowest BCUT2D eigenvalue weighted by atomic mass is 9.97. The maximum atomic E-state index is 5.80. The summed E-state index contributed by atoms with van der Waals surface area (Å²) in [7, 11) is 0. The molecule has 0 saturated heterocycles. The molecule has 1 saturated carbocycles. The van der Waals surface area contributed by atoms with Gasteiger partial charge in [0.25, 0.3) is 0 Å².